The highest BCUT2D eigenvalue weighted by Gasteiger charge is 2.03. The van der Waals surface area contributed by atoms with Gasteiger partial charge in [-0.2, -0.15) is 0 Å². The number of primary amides is 1. The van der Waals surface area contributed by atoms with E-state index in [0.717, 1.165) is 5.56 Å². The first-order valence-electron chi connectivity index (χ1n) is 6.78. The van der Waals surface area contributed by atoms with Crippen molar-refractivity contribution in [1.29, 1.82) is 0 Å². The summed E-state index contributed by atoms with van der Waals surface area (Å²) in [7, 11) is 0. The summed E-state index contributed by atoms with van der Waals surface area (Å²) in [5.74, 6) is -0.430. The van der Waals surface area contributed by atoms with Gasteiger partial charge >= 0.3 is 0 Å². The Hall–Kier alpha value is -3.02. The van der Waals surface area contributed by atoms with Gasteiger partial charge in [0, 0.05) is 24.4 Å². The molecule has 0 radical (unpaired) electrons. The molecule has 0 spiro atoms. The lowest BCUT2D eigenvalue weighted by molar-refractivity contribution is -0.691. The van der Waals surface area contributed by atoms with Crippen molar-refractivity contribution in [3.8, 4) is 0 Å². The van der Waals surface area contributed by atoms with Gasteiger partial charge in [0.1, 0.15) is 0 Å². The van der Waals surface area contributed by atoms with Gasteiger partial charge in [-0.05, 0) is 18.2 Å². The summed E-state index contributed by atoms with van der Waals surface area (Å²) in [5, 5.41) is 13.0. The maximum atomic E-state index is 11.0. The lowest BCUT2D eigenvalue weighted by Crippen LogP contribution is -2.34. The van der Waals surface area contributed by atoms with Crippen LogP contribution in [0.1, 0.15) is 15.9 Å². The van der Waals surface area contributed by atoms with Crippen molar-refractivity contribution in [3.05, 3.63) is 77.5 Å². The number of allylic oxidation sites excluding steroid dienone is 2. The van der Waals surface area contributed by atoms with Gasteiger partial charge < -0.3 is 16.1 Å². The molecule has 0 unspecified atom stereocenters. The molecule has 0 bridgehead atoms. The zero-order chi connectivity index (χ0) is 15.8. The van der Waals surface area contributed by atoms with Crippen LogP contribution >= 0.6 is 0 Å². The Kier molecular flexibility index (Phi) is 5.37. The number of pyridine rings is 2. The molecule has 0 atom stereocenters. The first-order chi connectivity index (χ1) is 10.7. The molecular formula is C16H17N4O2+. The molecule has 0 saturated carbocycles. The Morgan fingerprint density at radius 2 is 1.82 bits per heavy atom. The summed E-state index contributed by atoms with van der Waals surface area (Å²) in [6, 6.07) is 7.06. The summed E-state index contributed by atoms with van der Waals surface area (Å²) in [6.07, 6.45) is 12.7. The Morgan fingerprint density at radius 1 is 1.14 bits per heavy atom. The van der Waals surface area contributed by atoms with Crippen molar-refractivity contribution in [3.63, 3.8) is 0 Å². The van der Waals surface area contributed by atoms with E-state index in [1.165, 1.54) is 6.21 Å². The zero-order valence-electron chi connectivity index (χ0n) is 12.0. The molecule has 1 amide bonds. The fraction of sp³-hybridized carbons (Fsp3) is 0.125. The third-order valence-electron chi connectivity index (χ3n) is 3.06. The fourth-order valence-electron chi connectivity index (χ4n) is 1.93. The lowest BCUT2D eigenvalue weighted by Gasteiger charge is -1.96. The Bertz CT molecular complexity index is 694. The van der Waals surface area contributed by atoms with Gasteiger partial charge in [-0.15, -0.1) is 0 Å². The zero-order valence-corrected chi connectivity index (χ0v) is 12.0. The number of amides is 1. The van der Waals surface area contributed by atoms with E-state index in [-0.39, 0.29) is 0 Å². The van der Waals surface area contributed by atoms with Gasteiger partial charge in [-0.25, -0.2) is 9.13 Å². The van der Waals surface area contributed by atoms with Crippen LogP contribution in [0.4, 0.5) is 0 Å². The second kappa shape index (κ2) is 7.68. The smallest absolute Gasteiger partial charge is 0.249 e. The standard InChI is InChI=1S/C16H16N4O2/c17-16(21)15-5-10-19(11-6-15)7-1-2-8-20-9-3-4-14(13-20)12-18-22/h1-6,9-13H,7-8H2,(H-2,17,21,22)/p+1/b2-1+,18-12+. The first kappa shape index (κ1) is 15.4. The topological polar surface area (TPSA) is 86.3 Å². The highest BCUT2D eigenvalue weighted by Crippen LogP contribution is 1.93. The van der Waals surface area contributed by atoms with Crippen LogP contribution in [0.2, 0.25) is 0 Å². The molecule has 2 heterocycles. The molecule has 0 fully saturated rings. The van der Waals surface area contributed by atoms with Crippen molar-refractivity contribution in [2.75, 3.05) is 0 Å². The minimum atomic E-state index is -0.430. The predicted octanol–water partition coefficient (Wildman–Crippen LogP) is 0.534. The SMILES string of the molecule is NC(=O)c1cc[n+](C/C=C/C[n+]2cccc(/C=N/[O-])c2)cc1. The van der Waals surface area contributed by atoms with Crippen molar-refractivity contribution in [2.24, 2.45) is 10.9 Å². The van der Waals surface area contributed by atoms with Crippen LogP contribution in [0.15, 0.2) is 66.4 Å². The largest absolute Gasteiger partial charge is 0.792 e. The van der Waals surface area contributed by atoms with Gasteiger partial charge in [-0.1, -0.05) is 0 Å². The molecule has 22 heavy (non-hydrogen) atoms. The molecule has 0 aliphatic heterocycles. The van der Waals surface area contributed by atoms with E-state index in [4.69, 9.17) is 5.73 Å². The summed E-state index contributed by atoms with van der Waals surface area (Å²) < 4.78 is 3.89. The van der Waals surface area contributed by atoms with Crippen molar-refractivity contribution >= 4 is 12.1 Å². The molecule has 0 aliphatic rings. The molecule has 2 aromatic heterocycles. The molecule has 2 aromatic rings. The number of hydrogen-bond acceptors (Lipinski definition) is 3. The van der Waals surface area contributed by atoms with E-state index in [9.17, 15) is 10.0 Å². The van der Waals surface area contributed by atoms with E-state index in [1.54, 1.807) is 12.1 Å². The predicted molar refractivity (Wildman–Crippen MR) is 81.9 cm³/mol. The Morgan fingerprint density at radius 3 is 2.45 bits per heavy atom. The molecule has 2 rings (SSSR count). The third kappa shape index (κ3) is 4.52. The van der Waals surface area contributed by atoms with E-state index >= 15 is 0 Å². The van der Waals surface area contributed by atoms with E-state index in [1.807, 2.05) is 58.2 Å². The summed E-state index contributed by atoms with van der Waals surface area (Å²) in [6.45, 7) is 1.39. The fourth-order valence-corrected chi connectivity index (χ4v) is 1.93. The van der Waals surface area contributed by atoms with Gasteiger partial charge in [0.15, 0.2) is 37.9 Å². The molecule has 2 N–H and O–H groups in total. The number of nitrogens with zero attached hydrogens (tertiary/aromatic N) is 3. The van der Waals surface area contributed by atoms with Crippen LogP contribution < -0.4 is 14.9 Å². The Balaban J connectivity index is 1.90. The molecule has 112 valence electrons. The van der Waals surface area contributed by atoms with Crippen LogP contribution in [0.3, 0.4) is 0 Å². The quantitative estimate of drug-likeness (QED) is 0.365. The monoisotopic (exact) mass is 297 g/mol. The molecular weight excluding hydrogens is 280 g/mol. The second-order valence-corrected chi connectivity index (χ2v) is 4.69. The summed E-state index contributed by atoms with van der Waals surface area (Å²) in [5.41, 5.74) is 6.45. The van der Waals surface area contributed by atoms with Crippen LogP contribution in [0.25, 0.3) is 0 Å². The average molecular weight is 297 g/mol. The number of carbonyl (C=O) groups excluding carboxylic acids is 1. The normalized spacial score (nSPS) is 11.3. The summed E-state index contributed by atoms with van der Waals surface area (Å²) >= 11 is 0. The van der Waals surface area contributed by atoms with Crippen LogP contribution in [0, 0.1) is 5.21 Å². The number of rotatable bonds is 6. The number of nitrogens with two attached hydrogens (primary N) is 1. The van der Waals surface area contributed by atoms with Crippen molar-refractivity contribution in [1.82, 2.24) is 0 Å². The maximum absolute atomic E-state index is 11.0. The number of aromatic nitrogens is 2. The van der Waals surface area contributed by atoms with Crippen LogP contribution in [0.5, 0.6) is 0 Å². The maximum Gasteiger partial charge on any atom is 0.249 e. The molecule has 0 aromatic carbocycles. The van der Waals surface area contributed by atoms with E-state index in [0.29, 0.717) is 18.7 Å². The summed E-state index contributed by atoms with van der Waals surface area (Å²) in [4.78, 5) is 11.0. The minimum absolute atomic E-state index is 0.430. The van der Waals surface area contributed by atoms with Gasteiger partial charge in [-0.3, -0.25) is 4.79 Å². The van der Waals surface area contributed by atoms with Crippen LogP contribution in [-0.2, 0) is 13.1 Å². The van der Waals surface area contributed by atoms with E-state index < -0.39 is 5.91 Å². The molecule has 6 heteroatoms. The molecule has 6 nitrogen and oxygen atoms in total. The van der Waals surface area contributed by atoms with Crippen molar-refractivity contribution < 1.29 is 13.9 Å². The Labute approximate surface area is 128 Å². The van der Waals surface area contributed by atoms with Gasteiger partial charge in [0.05, 0.1) is 11.1 Å². The lowest BCUT2D eigenvalue weighted by atomic mass is 10.2. The molecule has 0 saturated heterocycles. The average Bonchev–Trinajstić information content (AvgIpc) is 2.53. The van der Waals surface area contributed by atoms with Crippen LogP contribution in [-0.4, -0.2) is 12.1 Å². The van der Waals surface area contributed by atoms with Gasteiger partial charge in [0.25, 0.3) is 0 Å². The first-order valence-corrected chi connectivity index (χ1v) is 6.78. The van der Waals surface area contributed by atoms with E-state index in [2.05, 4.69) is 5.16 Å². The van der Waals surface area contributed by atoms with Gasteiger partial charge in [0.2, 0.25) is 5.91 Å². The number of hydrogen-bond donors (Lipinski definition) is 1. The highest BCUT2D eigenvalue weighted by molar-refractivity contribution is 5.92. The highest BCUT2D eigenvalue weighted by atomic mass is 16.4. The number of carbonyl (C=O) groups is 1. The third-order valence-corrected chi connectivity index (χ3v) is 3.06. The minimum Gasteiger partial charge on any atom is -0.792 e. The second-order valence-electron chi connectivity index (χ2n) is 4.69. The molecule has 0 aliphatic carbocycles. The van der Waals surface area contributed by atoms with Crippen molar-refractivity contribution in [2.45, 2.75) is 13.1 Å².